The Labute approximate surface area is 221 Å². The zero-order chi connectivity index (χ0) is 25.2. The molecule has 2 aromatic carbocycles. The van der Waals surface area contributed by atoms with E-state index in [-0.39, 0.29) is 10.0 Å². The van der Waals surface area contributed by atoms with E-state index in [9.17, 15) is 4.91 Å². The van der Waals surface area contributed by atoms with Gasteiger partial charge in [-0.1, -0.05) is 73.6 Å². The van der Waals surface area contributed by atoms with Crippen LogP contribution < -0.4 is 10.1 Å². The molecule has 1 heterocycles. The zero-order valence-corrected chi connectivity index (χ0v) is 22.3. The number of nitrogens with zero attached hydrogens (tertiary/aromatic N) is 3. The maximum atomic E-state index is 12.1. The summed E-state index contributed by atoms with van der Waals surface area (Å²) in [6, 6.07) is 10.8. The van der Waals surface area contributed by atoms with Gasteiger partial charge in [0.1, 0.15) is 22.9 Å². The van der Waals surface area contributed by atoms with Crippen molar-refractivity contribution in [1.29, 1.82) is 0 Å². The van der Waals surface area contributed by atoms with Gasteiger partial charge in [0.05, 0.1) is 15.7 Å². The van der Waals surface area contributed by atoms with Gasteiger partial charge < -0.3 is 10.1 Å². The molecule has 0 atom stereocenters. The number of benzene rings is 2. The number of anilines is 1. The fourth-order valence-electron chi connectivity index (χ4n) is 3.53. The van der Waals surface area contributed by atoms with E-state index in [1.807, 2.05) is 31.2 Å². The number of rotatable bonds is 13. The molecule has 0 bridgehead atoms. The number of nitrogens with one attached hydrogen (secondary N) is 1. The maximum absolute atomic E-state index is 12.1. The molecule has 0 radical (unpaired) electrons. The molecular formula is C26H30Cl3N4O2+. The average Bonchev–Trinajstić information content (AvgIpc) is 2.84. The van der Waals surface area contributed by atoms with Gasteiger partial charge in [-0.05, 0) is 37.0 Å². The Morgan fingerprint density at radius 2 is 1.66 bits per heavy atom. The maximum Gasteiger partial charge on any atom is 0.259 e. The second kappa shape index (κ2) is 13.6. The van der Waals surface area contributed by atoms with Crippen molar-refractivity contribution < 1.29 is 9.50 Å². The lowest BCUT2D eigenvalue weighted by atomic mass is 10.1. The van der Waals surface area contributed by atoms with Crippen molar-refractivity contribution in [3.8, 4) is 11.5 Å². The molecule has 1 aromatic heterocycles. The van der Waals surface area contributed by atoms with E-state index in [0.717, 1.165) is 54.5 Å². The fourth-order valence-corrected chi connectivity index (χ4v) is 4.35. The largest absolute Gasteiger partial charge is 0.454 e. The lowest BCUT2D eigenvalue weighted by Crippen LogP contribution is -2.08. The van der Waals surface area contributed by atoms with Crippen LogP contribution >= 0.6 is 34.8 Å². The van der Waals surface area contributed by atoms with Crippen molar-refractivity contribution in [2.75, 3.05) is 18.4 Å². The van der Waals surface area contributed by atoms with Crippen LogP contribution in [0.5, 0.6) is 11.5 Å². The van der Waals surface area contributed by atoms with Gasteiger partial charge in [-0.2, -0.15) is 0 Å². The molecule has 35 heavy (non-hydrogen) atoms. The molecule has 3 rings (SSSR count). The first-order chi connectivity index (χ1) is 16.9. The van der Waals surface area contributed by atoms with Gasteiger partial charge in [0.2, 0.25) is 0 Å². The number of nitroso groups, excluding NO2 is 1. The van der Waals surface area contributed by atoms with Crippen LogP contribution in [0, 0.1) is 4.91 Å². The Morgan fingerprint density at radius 1 is 0.943 bits per heavy atom. The van der Waals surface area contributed by atoms with Gasteiger partial charge >= 0.3 is 0 Å². The minimum atomic E-state index is 0.286. The molecule has 0 fully saturated rings. The highest BCUT2D eigenvalue weighted by molar-refractivity contribution is 6.37. The Bertz CT molecular complexity index is 1120. The fraction of sp³-hybridized carbons (Fsp3) is 0.385. The average molecular weight is 537 g/mol. The third-order valence-electron chi connectivity index (χ3n) is 5.43. The highest BCUT2D eigenvalue weighted by Crippen LogP contribution is 2.39. The number of aromatic nitrogens is 2. The first-order valence-electron chi connectivity index (χ1n) is 11.9. The van der Waals surface area contributed by atoms with Crippen LogP contribution in [0.25, 0.3) is 0 Å². The van der Waals surface area contributed by atoms with Crippen molar-refractivity contribution >= 4 is 46.3 Å². The Hall–Kier alpha value is -2.41. The van der Waals surface area contributed by atoms with Crippen LogP contribution in [-0.2, 0) is 12.8 Å². The van der Waals surface area contributed by atoms with Crippen LogP contribution in [0.3, 0.4) is 0 Å². The SMILES string of the molecule is CCCCCc1ncnc(NCCc2ccc(Oc3c(Cl)cc([N+](=O)CCC)cc3Cl)cc2)c1Cl. The van der Waals surface area contributed by atoms with E-state index >= 15 is 0 Å². The molecule has 0 saturated carbocycles. The molecular weight excluding hydrogens is 507 g/mol. The lowest BCUT2D eigenvalue weighted by Gasteiger charge is -2.11. The van der Waals surface area contributed by atoms with E-state index < -0.39 is 0 Å². The van der Waals surface area contributed by atoms with E-state index in [0.29, 0.717) is 41.1 Å². The monoisotopic (exact) mass is 535 g/mol. The highest BCUT2D eigenvalue weighted by Gasteiger charge is 2.19. The lowest BCUT2D eigenvalue weighted by molar-refractivity contribution is -0.463. The van der Waals surface area contributed by atoms with Crippen LogP contribution in [0.1, 0.15) is 50.8 Å². The standard InChI is InChI=1S/C26H30Cl3N4O2/c1-3-5-6-7-23-24(29)26(32-17-31-23)30-13-12-18-8-10-20(11-9-18)35-25-21(27)15-19(16-22(25)28)33(34)14-4-2/h8-11,15-17H,3-7,12-14H2,1-2H3,(H,30,31,32)/q+1. The quantitative estimate of drug-likeness (QED) is 0.175. The summed E-state index contributed by atoms with van der Waals surface area (Å²) in [6.45, 7) is 5.15. The number of halogens is 3. The molecule has 0 aliphatic carbocycles. The summed E-state index contributed by atoms with van der Waals surface area (Å²) in [6.07, 6.45) is 7.30. The first kappa shape index (κ1) is 27.2. The molecule has 0 aliphatic rings. The van der Waals surface area contributed by atoms with Crippen molar-refractivity contribution in [3.05, 3.63) is 74.0 Å². The van der Waals surface area contributed by atoms with Gasteiger partial charge in [0.25, 0.3) is 5.69 Å². The van der Waals surface area contributed by atoms with Gasteiger partial charge in [-0.3, -0.25) is 0 Å². The normalized spacial score (nSPS) is 10.9. The Kier molecular flexibility index (Phi) is 10.6. The third kappa shape index (κ3) is 7.79. The number of aryl methyl sites for hydroxylation is 1. The molecule has 3 aromatic rings. The Balaban J connectivity index is 1.57. The predicted octanol–water partition coefficient (Wildman–Crippen LogP) is 8.44. The van der Waals surface area contributed by atoms with Gasteiger partial charge in [0.15, 0.2) is 12.3 Å². The van der Waals surface area contributed by atoms with Crippen LogP contribution in [0.4, 0.5) is 11.5 Å². The molecule has 0 aliphatic heterocycles. The zero-order valence-electron chi connectivity index (χ0n) is 20.0. The minimum absolute atomic E-state index is 0.286. The molecule has 186 valence electrons. The summed E-state index contributed by atoms with van der Waals surface area (Å²) in [5.74, 6) is 1.59. The first-order valence-corrected chi connectivity index (χ1v) is 13.0. The van der Waals surface area contributed by atoms with E-state index in [1.54, 1.807) is 18.5 Å². The van der Waals surface area contributed by atoms with Crippen LogP contribution in [0.2, 0.25) is 15.1 Å². The molecule has 6 nitrogen and oxygen atoms in total. The molecule has 0 spiro atoms. The number of hydrogen-bond acceptors (Lipinski definition) is 5. The topological polar surface area (TPSA) is 67.1 Å². The van der Waals surface area contributed by atoms with Gasteiger partial charge in [-0.25, -0.2) is 9.97 Å². The summed E-state index contributed by atoms with van der Waals surface area (Å²) >= 11 is 19.2. The molecule has 9 heteroatoms. The second-order valence-corrected chi connectivity index (χ2v) is 9.40. The molecule has 0 unspecified atom stereocenters. The van der Waals surface area contributed by atoms with Crippen molar-refractivity contribution in [1.82, 2.24) is 9.97 Å². The summed E-state index contributed by atoms with van der Waals surface area (Å²) < 4.78 is 6.77. The van der Waals surface area contributed by atoms with Crippen molar-refractivity contribution in [3.63, 3.8) is 0 Å². The van der Waals surface area contributed by atoms with E-state index in [1.165, 1.54) is 0 Å². The number of hydrogen-bond donors (Lipinski definition) is 1. The summed E-state index contributed by atoms with van der Waals surface area (Å²) in [5, 5.41) is 4.48. The van der Waals surface area contributed by atoms with Gasteiger partial charge in [0, 0.05) is 34.8 Å². The van der Waals surface area contributed by atoms with Gasteiger partial charge in [-0.15, -0.1) is 0 Å². The minimum Gasteiger partial charge on any atom is -0.454 e. The van der Waals surface area contributed by atoms with Crippen molar-refractivity contribution in [2.45, 2.75) is 52.4 Å². The smallest absolute Gasteiger partial charge is 0.259 e. The second-order valence-electron chi connectivity index (χ2n) is 8.20. The van der Waals surface area contributed by atoms with Crippen LogP contribution in [-0.4, -0.2) is 27.8 Å². The number of unbranched alkanes of at least 4 members (excludes halogenated alkanes) is 2. The van der Waals surface area contributed by atoms with E-state index in [4.69, 9.17) is 39.5 Å². The molecule has 0 saturated heterocycles. The molecule has 0 amide bonds. The summed E-state index contributed by atoms with van der Waals surface area (Å²) in [7, 11) is 0. The summed E-state index contributed by atoms with van der Waals surface area (Å²) in [4.78, 5) is 20.7. The highest BCUT2D eigenvalue weighted by atomic mass is 35.5. The predicted molar refractivity (Wildman–Crippen MR) is 144 cm³/mol. The van der Waals surface area contributed by atoms with E-state index in [2.05, 4.69) is 22.2 Å². The Morgan fingerprint density at radius 3 is 2.31 bits per heavy atom. The number of ether oxygens (including phenoxy) is 1. The molecule has 1 N–H and O–H groups in total. The van der Waals surface area contributed by atoms with Crippen LogP contribution in [0.15, 0.2) is 42.7 Å². The van der Waals surface area contributed by atoms with Crippen molar-refractivity contribution in [2.24, 2.45) is 0 Å². The third-order valence-corrected chi connectivity index (χ3v) is 6.38. The summed E-state index contributed by atoms with van der Waals surface area (Å²) in [5.41, 5.74) is 2.42.